The molecule has 0 aliphatic carbocycles. The van der Waals surface area contributed by atoms with Crippen LogP contribution in [0.5, 0.6) is 0 Å². The second-order valence-corrected chi connectivity index (χ2v) is 6.79. The Morgan fingerprint density at radius 2 is 2.29 bits per heavy atom. The van der Waals surface area contributed by atoms with Crippen LogP contribution in [0.1, 0.15) is 13.8 Å². The van der Waals surface area contributed by atoms with Crippen LogP contribution in [0.4, 0.5) is 5.69 Å². The first-order valence-corrected chi connectivity index (χ1v) is 7.54. The zero-order valence-corrected chi connectivity index (χ0v) is 12.9. The molecule has 0 aromatic heterocycles. The highest BCUT2D eigenvalue weighted by Gasteiger charge is 2.22. The van der Waals surface area contributed by atoms with E-state index in [1.165, 1.54) is 0 Å². The molecule has 1 aliphatic heterocycles. The van der Waals surface area contributed by atoms with Gasteiger partial charge in [0.05, 0.1) is 11.6 Å². The number of hydrogen-bond acceptors (Lipinski definition) is 3. The average Bonchev–Trinajstić information content (AvgIpc) is 2.72. The molecule has 2 rings (SSSR count). The highest BCUT2D eigenvalue weighted by molar-refractivity contribution is 9.10. The number of anilines is 1. The summed E-state index contributed by atoms with van der Waals surface area (Å²) < 4.78 is 0.908. The minimum Gasteiger partial charge on any atom is -0.335 e. The molecule has 1 aromatic rings. The lowest BCUT2D eigenvalue weighted by atomic mass is 10.1. The van der Waals surface area contributed by atoms with Gasteiger partial charge in [-0.3, -0.25) is 4.99 Å². The Morgan fingerprint density at radius 3 is 2.88 bits per heavy atom. The third-order valence-electron chi connectivity index (χ3n) is 2.59. The Hall–Kier alpha value is -0.190. The molecule has 2 nitrogen and oxygen atoms in total. The summed E-state index contributed by atoms with van der Waals surface area (Å²) in [5, 5.41) is 5.58. The summed E-state index contributed by atoms with van der Waals surface area (Å²) in [7, 11) is 0. The van der Waals surface area contributed by atoms with E-state index < -0.39 is 0 Å². The van der Waals surface area contributed by atoms with Crippen LogP contribution in [0.15, 0.2) is 27.7 Å². The van der Waals surface area contributed by atoms with E-state index in [4.69, 9.17) is 11.6 Å². The molecule has 1 aliphatic rings. The van der Waals surface area contributed by atoms with E-state index in [-0.39, 0.29) is 0 Å². The van der Waals surface area contributed by atoms with E-state index in [1.807, 2.05) is 30.0 Å². The van der Waals surface area contributed by atoms with Crippen molar-refractivity contribution in [2.45, 2.75) is 19.1 Å². The maximum atomic E-state index is 6.04. The first-order chi connectivity index (χ1) is 8.06. The van der Waals surface area contributed by atoms with Gasteiger partial charge in [0.2, 0.25) is 0 Å². The molecule has 1 unspecified atom stereocenters. The molecule has 0 saturated heterocycles. The number of nitrogens with one attached hydrogen (secondary N) is 1. The van der Waals surface area contributed by atoms with Crippen molar-refractivity contribution in [2.75, 3.05) is 11.9 Å². The molecule has 1 heterocycles. The Kier molecular flexibility index (Phi) is 4.39. The predicted octanol–water partition coefficient (Wildman–Crippen LogP) is 4.64. The largest absolute Gasteiger partial charge is 0.335 e. The fourth-order valence-corrected chi connectivity index (χ4v) is 2.97. The lowest BCUT2D eigenvalue weighted by Crippen LogP contribution is -2.13. The van der Waals surface area contributed by atoms with E-state index in [0.29, 0.717) is 16.2 Å². The summed E-state index contributed by atoms with van der Waals surface area (Å²) in [5.41, 5.74) is 0.980. The summed E-state index contributed by atoms with van der Waals surface area (Å²) in [6.07, 6.45) is 0. The molecule has 0 fully saturated rings. The first-order valence-electron chi connectivity index (χ1n) is 5.49. The lowest BCUT2D eigenvalue weighted by molar-refractivity contribution is 0.621. The van der Waals surface area contributed by atoms with E-state index in [0.717, 1.165) is 21.9 Å². The van der Waals surface area contributed by atoms with Crippen molar-refractivity contribution < 1.29 is 0 Å². The topological polar surface area (TPSA) is 24.4 Å². The summed E-state index contributed by atoms with van der Waals surface area (Å²) in [5.74, 6) is 0.650. The summed E-state index contributed by atoms with van der Waals surface area (Å²) in [6.45, 7) is 5.36. The van der Waals surface area contributed by atoms with Crippen molar-refractivity contribution in [2.24, 2.45) is 10.9 Å². The van der Waals surface area contributed by atoms with E-state index in [9.17, 15) is 0 Å². The molecular formula is C12H14BrClN2S. The number of aliphatic imine (C=N–C) groups is 1. The smallest absolute Gasteiger partial charge is 0.161 e. The standard InChI is InChI=1S/C12H14BrClN2S/c1-7(2)11-6-15-12(17-11)16-8-3-4-9(13)10(14)5-8/h3-5,7,11H,6H2,1-2H3,(H,15,16). The van der Waals surface area contributed by atoms with Crippen LogP contribution < -0.4 is 5.32 Å². The van der Waals surface area contributed by atoms with Gasteiger partial charge in [0, 0.05) is 15.4 Å². The van der Waals surface area contributed by atoms with Gasteiger partial charge in [-0.05, 0) is 40.0 Å². The van der Waals surface area contributed by atoms with Crippen LogP contribution in [0.2, 0.25) is 5.02 Å². The lowest BCUT2D eigenvalue weighted by Gasteiger charge is -2.12. The van der Waals surface area contributed by atoms with E-state index in [1.54, 1.807) is 0 Å². The molecule has 1 N–H and O–H groups in total. The number of thioether (sulfide) groups is 1. The van der Waals surface area contributed by atoms with Gasteiger partial charge in [0.15, 0.2) is 5.17 Å². The maximum absolute atomic E-state index is 6.04. The van der Waals surface area contributed by atoms with Gasteiger partial charge in [0.25, 0.3) is 0 Å². The van der Waals surface area contributed by atoms with Crippen molar-refractivity contribution in [1.29, 1.82) is 0 Å². The zero-order valence-electron chi connectivity index (χ0n) is 9.71. The average molecular weight is 334 g/mol. The molecule has 1 atom stereocenters. The van der Waals surface area contributed by atoms with E-state index in [2.05, 4.69) is 40.1 Å². The predicted molar refractivity (Wildman–Crippen MR) is 81.3 cm³/mol. The Labute approximate surface area is 119 Å². The van der Waals surface area contributed by atoms with Crippen LogP contribution in [0.3, 0.4) is 0 Å². The molecule has 0 saturated carbocycles. The number of nitrogens with zero attached hydrogens (tertiary/aromatic N) is 1. The number of hydrogen-bond donors (Lipinski definition) is 1. The minimum absolute atomic E-state index is 0.587. The Bertz CT molecular complexity index is 448. The quantitative estimate of drug-likeness (QED) is 0.852. The second-order valence-electron chi connectivity index (χ2n) is 4.30. The van der Waals surface area contributed by atoms with Crippen molar-refractivity contribution in [3.63, 3.8) is 0 Å². The van der Waals surface area contributed by atoms with E-state index >= 15 is 0 Å². The molecule has 0 amide bonds. The van der Waals surface area contributed by atoms with Crippen LogP contribution >= 0.6 is 39.3 Å². The summed E-state index contributed by atoms with van der Waals surface area (Å²) >= 11 is 11.2. The third kappa shape index (κ3) is 3.39. The Balaban J connectivity index is 2.00. The second kappa shape index (κ2) is 5.63. The maximum Gasteiger partial charge on any atom is 0.161 e. The number of rotatable bonds is 2. The van der Waals surface area contributed by atoms with Crippen LogP contribution in [0.25, 0.3) is 0 Å². The molecule has 92 valence electrons. The molecule has 0 spiro atoms. The van der Waals surface area contributed by atoms with Gasteiger partial charge >= 0.3 is 0 Å². The monoisotopic (exact) mass is 332 g/mol. The molecular weight excluding hydrogens is 320 g/mol. The highest BCUT2D eigenvalue weighted by atomic mass is 79.9. The van der Waals surface area contributed by atoms with Crippen LogP contribution in [0, 0.1) is 5.92 Å². The van der Waals surface area contributed by atoms with Crippen molar-refractivity contribution in [3.8, 4) is 0 Å². The van der Waals surface area contributed by atoms with Crippen LogP contribution in [-0.4, -0.2) is 17.0 Å². The normalized spacial score (nSPS) is 19.6. The number of halogens is 2. The first kappa shape index (κ1) is 13.2. The molecule has 0 radical (unpaired) electrons. The third-order valence-corrected chi connectivity index (χ3v) is 5.28. The van der Waals surface area contributed by atoms with Gasteiger partial charge in [-0.15, -0.1) is 0 Å². The van der Waals surface area contributed by atoms with Gasteiger partial charge in [-0.2, -0.15) is 0 Å². The number of benzene rings is 1. The SMILES string of the molecule is CC(C)C1CN=C(Nc2ccc(Br)c(Cl)c2)S1. The van der Waals surface area contributed by atoms with Crippen molar-refractivity contribution in [1.82, 2.24) is 0 Å². The van der Waals surface area contributed by atoms with Gasteiger partial charge in [0.1, 0.15) is 0 Å². The fraction of sp³-hybridized carbons (Fsp3) is 0.417. The summed E-state index contributed by atoms with van der Waals surface area (Å²) in [4.78, 5) is 4.50. The zero-order chi connectivity index (χ0) is 12.4. The molecule has 1 aromatic carbocycles. The van der Waals surface area contributed by atoms with Gasteiger partial charge in [-0.1, -0.05) is 37.2 Å². The van der Waals surface area contributed by atoms with Gasteiger partial charge < -0.3 is 5.32 Å². The van der Waals surface area contributed by atoms with Gasteiger partial charge in [-0.25, -0.2) is 0 Å². The highest BCUT2D eigenvalue weighted by Crippen LogP contribution is 2.30. The molecule has 5 heteroatoms. The minimum atomic E-state index is 0.587. The van der Waals surface area contributed by atoms with Crippen molar-refractivity contribution in [3.05, 3.63) is 27.7 Å². The molecule has 17 heavy (non-hydrogen) atoms. The van der Waals surface area contributed by atoms with Crippen LogP contribution in [-0.2, 0) is 0 Å². The number of amidine groups is 1. The Morgan fingerprint density at radius 1 is 1.53 bits per heavy atom. The molecule has 0 bridgehead atoms. The fourth-order valence-electron chi connectivity index (χ4n) is 1.50. The summed E-state index contributed by atoms with van der Waals surface area (Å²) in [6, 6.07) is 5.82. The van der Waals surface area contributed by atoms with Crippen molar-refractivity contribution >= 4 is 50.1 Å².